The molecule has 0 amide bonds. The first-order valence-electron chi connectivity index (χ1n) is 3.11. The van der Waals surface area contributed by atoms with Crippen molar-refractivity contribution in [3.8, 4) is 0 Å². The van der Waals surface area contributed by atoms with Gasteiger partial charge >= 0.3 is 5.97 Å². The van der Waals surface area contributed by atoms with Crippen molar-refractivity contribution < 1.29 is 9.63 Å². The molecule has 5 nitrogen and oxygen atoms in total. The van der Waals surface area contributed by atoms with Gasteiger partial charge in [-0.3, -0.25) is 4.84 Å². The van der Waals surface area contributed by atoms with Crippen LogP contribution in [0.2, 0.25) is 0 Å². The molecule has 1 saturated heterocycles. The standard InChI is InChI=1S/C5H8N2O3/c8-5(10-7-9)4-2-1-3-6-4/h4,6H,1-3H2/t4-/m0/s1. The van der Waals surface area contributed by atoms with Crippen molar-refractivity contribution >= 4 is 5.97 Å². The van der Waals surface area contributed by atoms with Gasteiger partial charge in [0, 0.05) is 0 Å². The van der Waals surface area contributed by atoms with Crippen LogP contribution in [0.4, 0.5) is 0 Å². The van der Waals surface area contributed by atoms with Gasteiger partial charge in [0.15, 0.2) is 5.34 Å². The predicted molar refractivity (Wildman–Crippen MR) is 32.9 cm³/mol. The van der Waals surface area contributed by atoms with Gasteiger partial charge in [-0.15, -0.1) is 4.91 Å². The molecule has 1 heterocycles. The zero-order valence-corrected chi connectivity index (χ0v) is 5.37. The Morgan fingerprint density at radius 1 is 1.70 bits per heavy atom. The topological polar surface area (TPSA) is 67.8 Å². The first-order chi connectivity index (χ1) is 4.84. The second-order valence-electron chi connectivity index (χ2n) is 2.13. The molecule has 1 rings (SSSR count). The minimum absolute atomic E-state index is 0.322. The molecule has 0 aromatic rings. The lowest BCUT2D eigenvalue weighted by atomic mass is 10.2. The highest BCUT2D eigenvalue weighted by Gasteiger charge is 2.23. The Morgan fingerprint density at radius 3 is 3.00 bits per heavy atom. The summed E-state index contributed by atoms with van der Waals surface area (Å²) in [5.74, 6) is -0.576. The fourth-order valence-electron chi connectivity index (χ4n) is 0.986. The summed E-state index contributed by atoms with van der Waals surface area (Å²) in [4.78, 5) is 24.0. The molecule has 5 heteroatoms. The monoisotopic (exact) mass is 144 g/mol. The van der Waals surface area contributed by atoms with E-state index in [0.717, 1.165) is 19.4 Å². The fraction of sp³-hybridized carbons (Fsp3) is 0.800. The Kier molecular flexibility index (Phi) is 2.33. The van der Waals surface area contributed by atoms with Gasteiger partial charge in [0.05, 0.1) is 0 Å². The largest absolute Gasteiger partial charge is 0.355 e. The lowest BCUT2D eigenvalue weighted by molar-refractivity contribution is -0.146. The average molecular weight is 144 g/mol. The summed E-state index contributed by atoms with van der Waals surface area (Å²) in [6, 6.07) is -0.322. The molecule has 10 heavy (non-hydrogen) atoms. The molecule has 0 unspecified atom stereocenters. The highest BCUT2D eigenvalue weighted by Crippen LogP contribution is 2.05. The van der Waals surface area contributed by atoms with Crippen LogP contribution in [0.3, 0.4) is 0 Å². The molecule has 1 atom stereocenters. The molecule has 0 radical (unpaired) electrons. The van der Waals surface area contributed by atoms with Crippen molar-refractivity contribution in [3.63, 3.8) is 0 Å². The number of carbonyl (C=O) groups is 1. The molecule has 1 aliphatic heterocycles. The minimum Gasteiger partial charge on any atom is -0.304 e. The number of hydrogen-bond donors (Lipinski definition) is 1. The van der Waals surface area contributed by atoms with Crippen molar-refractivity contribution in [2.75, 3.05) is 6.54 Å². The van der Waals surface area contributed by atoms with Gasteiger partial charge < -0.3 is 5.32 Å². The second-order valence-corrected chi connectivity index (χ2v) is 2.13. The van der Waals surface area contributed by atoms with Crippen molar-refractivity contribution in [2.24, 2.45) is 5.34 Å². The van der Waals surface area contributed by atoms with Crippen LogP contribution in [-0.4, -0.2) is 18.6 Å². The Bertz CT molecular complexity index is 142. The highest BCUT2D eigenvalue weighted by molar-refractivity contribution is 5.75. The van der Waals surface area contributed by atoms with Crippen LogP contribution < -0.4 is 5.32 Å². The molecule has 0 saturated carbocycles. The van der Waals surface area contributed by atoms with Gasteiger partial charge in [-0.05, 0) is 19.4 Å². The average Bonchev–Trinajstić information content (AvgIpc) is 2.38. The third-order valence-corrected chi connectivity index (χ3v) is 1.47. The maximum atomic E-state index is 10.7. The van der Waals surface area contributed by atoms with Gasteiger partial charge in [-0.25, -0.2) is 4.79 Å². The molecule has 0 spiro atoms. The van der Waals surface area contributed by atoms with Crippen LogP contribution >= 0.6 is 0 Å². The van der Waals surface area contributed by atoms with Crippen LogP contribution in [0.5, 0.6) is 0 Å². The lowest BCUT2D eigenvalue weighted by Gasteiger charge is -2.02. The molecular formula is C5H8N2O3. The van der Waals surface area contributed by atoms with Crippen molar-refractivity contribution in [2.45, 2.75) is 18.9 Å². The number of carbonyl (C=O) groups excluding carboxylic acids is 1. The maximum absolute atomic E-state index is 10.7. The van der Waals surface area contributed by atoms with Crippen LogP contribution in [0.15, 0.2) is 5.34 Å². The quantitative estimate of drug-likeness (QED) is 0.436. The van der Waals surface area contributed by atoms with E-state index in [4.69, 9.17) is 0 Å². The predicted octanol–water partition coefficient (Wildman–Crippen LogP) is -0.0370. The number of nitrogens with one attached hydrogen (secondary N) is 1. The molecule has 1 aliphatic rings. The van der Waals surface area contributed by atoms with E-state index in [2.05, 4.69) is 10.2 Å². The van der Waals surface area contributed by atoms with Gasteiger partial charge in [0.1, 0.15) is 6.04 Å². The van der Waals surface area contributed by atoms with E-state index in [1.165, 1.54) is 0 Å². The van der Waals surface area contributed by atoms with Gasteiger partial charge in [-0.2, -0.15) is 0 Å². The number of rotatable bonds is 2. The summed E-state index contributed by atoms with van der Waals surface area (Å²) in [6.45, 7) is 0.804. The van der Waals surface area contributed by atoms with Crippen LogP contribution in [0.25, 0.3) is 0 Å². The smallest absolute Gasteiger partial charge is 0.304 e. The zero-order valence-electron chi connectivity index (χ0n) is 5.37. The summed E-state index contributed by atoms with van der Waals surface area (Å²) < 4.78 is 0. The molecule has 56 valence electrons. The molecule has 0 aliphatic carbocycles. The van der Waals surface area contributed by atoms with Crippen molar-refractivity contribution in [1.82, 2.24) is 5.32 Å². The van der Waals surface area contributed by atoms with E-state index in [1.54, 1.807) is 0 Å². The second kappa shape index (κ2) is 3.26. The van der Waals surface area contributed by atoms with E-state index in [9.17, 15) is 9.70 Å². The first-order valence-corrected chi connectivity index (χ1v) is 3.11. The summed E-state index contributed by atoms with van der Waals surface area (Å²) in [5.41, 5.74) is 0. The summed E-state index contributed by atoms with van der Waals surface area (Å²) in [7, 11) is 0. The highest BCUT2D eigenvalue weighted by atomic mass is 16.7. The van der Waals surface area contributed by atoms with E-state index in [-0.39, 0.29) is 6.04 Å². The van der Waals surface area contributed by atoms with E-state index >= 15 is 0 Å². The van der Waals surface area contributed by atoms with Crippen LogP contribution in [-0.2, 0) is 9.63 Å². The summed E-state index contributed by atoms with van der Waals surface area (Å²) in [5, 5.41) is 4.91. The normalized spacial score (nSPS) is 24.2. The lowest BCUT2D eigenvalue weighted by Crippen LogP contribution is -2.31. The van der Waals surface area contributed by atoms with E-state index in [1.807, 2.05) is 5.34 Å². The van der Waals surface area contributed by atoms with Crippen molar-refractivity contribution in [1.29, 1.82) is 0 Å². The Morgan fingerprint density at radius 2 is 2.50 bits per heavy atom. The van der Waals surface area contributed by atoms with Crippen LogP contribution in [0.1, 0.15) is 12.8 Å². The Labute approximate surface area is 57.7 Å². The molecule has 1 fully saturated rings. The Balaban J connectivity index is 2.32. The zero-order chi connectivity index (χ0) is 7.40. The molecule has 0 bridgehead atoms. The number of hydrogen-bond acceptors (Lipinski definition) is 5. The van der Waals surface area contributed by atoms with Crippen LogP contribution in [0, 0.1) is 4.91 Å². The van der Waals surface area contributed by atoms with Gasteiger partial charge in [-0.1, -0.05) is 0 Å². The molecular weight excluding hydrogens is 136 g/mol. The van der Waals surface area contributed by atoms with Gasteiger partial charge in [0.2, 0.25) is 0 Å². The summed E-state index contributed by atoms with van der Waals surface area (Å²) in [6.07, 6.45) is 1.67. The third-order valence-electron chi connectivity index (χ3n) is 1.47. The molecule has 0 aromatic carbocycles. The number of nitrogens with zero attached hydrogens (tertiary/aromatic N) is 1. The summed E-state index contributed by atoms with van der Waals surface area (Å²) >= 11 is 0. The Hall–Kier alpha value is -0.970. The van der Waals surface area contributed by atoms with E-state index < -0.39 is 5.97 Å². The molecule has 0 aromatic heterocycles. The maximum Gasteiger partial charge on any atom is 0.355 e. The molecule has 1 N–H and O–H groups in total. The SMILES string of the molecule is O=NOC(=O)[C@@H]1CCCN1. The minimum atomic E-state index is -0.576. The van der Waals surface area contributed by atoms with Crippen molar-refractivity contribution in [3.05, 3.63) is 4.91 Å². The third kappa shape index (κ3) is 1.51. The fourth-order valence-corrected chi connectivity index (χ4v) is 0.986. The first kappa shape index (κ1) is 7.14. The van der Waals surface area contributed by atoms with E-state index in [0.29, 0.717) is 0 Å². The van der Waals surface area contributed by atoms with Gasteiger partial charge in [0.25, 0.3) is 0 Å².